The maximum absolute atomic E-state index is 13.3. The largest absolute Gasteiger partial charge is 0.493 e. The second kappa shape index (κ2) is 9.34. The van der Waals surface area contributed by atoms with Crippen molar-refractivity contribution in [1.29, 1.82) is 0 Å². The van der Waals surface area contributed by atoms with Gasteiger partial charge in [-0.25, -0.2) is 4.79 Å². The molecule has 0 radical (unpaired) electrons. The molecule has 4 rings (SSSR count). The smallest absolute Gasteiger partial charge is 0.337 e. The highest BCUT2D eigenvalue weighted by molar-refractivity contribution is 5.98. The minimum absolute atomic E-state index is 0.0625. The summed E-state index contributed by atoms with van der Waals surface area (Å²) in [5, 5.41) is 0.942. The van der Waals surface area contributed by atoms with Gasteiger partial charge in [-0.1, -0.05) is 13.3 Å². The number of H-pyrrole nitrogens is 1. The number of methoxy groups -OCH3 is 2. The number of nitrogens with zero attached hydrogens (tertiary/aromatic N) is 1. The molecule has 1 N–H and O–H groups in total. The maximum Gasteiger partial charge on any atom is 0.337 e. The van der Waals surface area contributed by atoms with E-state index >= 15 is 0 Å². The molecule has 2 aromatic carbocycles. The van der Waals surface area contributed by atoms with E-state index < -0.39 is 0 Å². The molecule has 1 amide bonds. The molecular weight excluding hydrogens is 408 g/mol. The van der Waals surface area contributed by atoms with Gasteiger partial charge in [-0.2, -0.15) is 0 Å². The van der Waals surface area contributed by atoms with E-state index in [0.717, 1.165) is 41.4 Å². The van der Waals surface area contributed by atoms with Gasteiger partial charge in [0.05, 0.1) is 26.4 Å². The van der Waals surface area contributed by atoms with Gasteiger partial charge in [-0.05, 0) is 42.8 Å². The second-order valence-electron chi connectivity index (χ2n) is 7.88. The fourth-order valence-electron chi connectivity index (χ4n) is 4.06. The first-order chi connectivity index (χ1) is 15.5. The van der Waals surface area contributed by atoms with E-state index in [1.54, 1.807) is 31.4 Å². The summed E-state index contributed by atoms with van der Waals surface area (Å²) in [5.41, 5.74) is 4.14. The van der Waals surface area contributed by atoms with Crippen LogP contribution in [-0.2, 0) is 17.7 Å². The normalized spacial score (nSPS) is 13.0. The second-order valence-corrected chi connectivity index (χ2v) is 7.88. The number of aromatic amines is 1. The number of fused-ring (bicyclic) bond motifs is 3. The molecule has 1 aliphatic heterocycles. The van der Waals surface area contributed by atoms with E-state index in [-0.39, 0.29) is 11.9 Å². The van der Waals surface area contributed by atoms with Crippen molar-refractivity contribution in [2.45, 2.75) is 32.7 Å². The lowest BCUT2D eigenvalue weighted by Crippen LogP contribution is -2.35. The first kappa shape index (κ1) is 21.7. The highest BCUT2D eigenvalue weighted by Crippen LogP contribution is 2.32. The molecule has 1 aliphatic rings. The standard InChI is InChI=1S/C25H28N2O5/c1-4-5-12-32-22-9-7-16(14-23(22)30-2)24(28)27-11-10-21-19(15-27)18-13-17(25(29)31-3)6-8-20(18)26-21/h6-9,13-14,26H,4-5,10-12,15H2,1-3H3. The number of carbonyl (C=O) groups is 2. The van der Waals surface area contributed by atoms with Crippen molar-refractivity contribution in [2.75, 3.05) is 27.4 Å². The van der Waals surface area contributed by atoms with E-state index in [1.165, 1.54) is 7.11 Å². The number of esters is 1. The molecule has 1 aromatic heterocycles. The summed E-state index contributed by atoms with van der Waals surface area (Å²) in [6, 6.07) is 10.8. The van der Waals surface area contributed by atoms with Gasteiger partial charge in [0.25, 0.3) is 5.91 Å². The number of carbonyl (C=O) groups excluding carboxylic acids is 2. The Morgan fingerprint density at radius 1 is 1.06 bits per heavy atom. The molecule has 7 heteroatoms. The Kier molecular flexibility index (Phi) is 6.35. The van der Waals surface area contributed by atoms with Gasteiger partial charge in [-0.15, -0.1) is 0 Å². The summed E-state index contributed by atoms with van der Waals surface area (Å²) in [7, 11) is 2.95. The van der Waals surface area contributed by atoms with E-state index in [2.05, 4.69) is 11.9 Å². The van der Waals surface area contributed by atoms with Gasteiger partial charge in [-0.3, -0.25) is 4.79 Å². The fourth-order valence-corrected chi connectivity index (χ4v) is 4.06. The van der Waals surface area contributed by atoms with Crippen LogP contribution >= 0.6 is 0 Å². The highest BCUT2D eigenvalue weighted by atomic mass is 16.5. The highest BCUT2D eigenvalue weighted by Gasteiger charge is 2.26. The summed E-state index contributed by atoms with van der Waals surface area (Å²) in [4.78, 5) is 30.5. The van der Waals surface area contributed by atoms with Crippen LogP contribution < -0.4 is 9.47 Å². The summed E-state index contributed by atoms with van der Waals surface area (Å²) in [6.45, 7) is 3.80. The van der Waals surface area contributed by atoms with Crippen LogP contribution in [0.4, 0.5) is 0 Å². The third-order valence-corrected chi connectivity index (χ3v) is 5.85. The average molecular weight is 437 g/mol. The zero-order chi connectivity index (χ0) is 22.7. The molecular formula is C25H28N2O5. The maximum atomic E-state index is 13.3. The van der Waals surface area contributed by atoms with Crippen molar-refractivity contribution in [3.63, 3.8) is 0 Å². The van der Waals surface area contributed by atoms with E-state index in [1.807, 2.05) is 17.0 Å². The number of nitrogens with one attached hydrogen (secondary N) is 1. The average Bonchev–Trinajstić information content (AvgIpc) is 3.20. The van der Waals surface area contributed by atoms with Crippen LogP contribution in [0.5, 0.6) is 11.5 Å². The molecule has 168 valence electrons. The first-order valence-electron chi connectivity index (χ1n) is 10.9. The molecule has 0 saturated heterocycles. The minimum atomic E-state index is -0.376. The topological polar surface area (TPSA) is 80.9 Å². The Labute approximate surface area is 187 Å². The quantitative estimate of drug-likeness (QED) is 0.440. The monoisotopic (exact) mass is 436 g/mol. The van der Waals surface area contributed by atoms with Gasteiger partial charge in [0.15, 0.2) is 11.5 Å². The zero-order valence-electron chi connectivity index (χ0n) is 18.7. The number of benzene rings is 2. The Bertz CT molecular complexity index is 1150. The number of hydrogen-bond acceptors (Lipinski definition) is 5. The van der Waals surface area contributed by atoms with Crippen LogP contribution in [0.25, 0.3) is 10.9 Å². The van der Waals surface area contributed by atoms with Crippen LogP contribution in [0.1, 0.15) is 51.7 Å². The first-order valence-corrected chi connectivity index (χ1v) is 10.9. The van der Waals surface area contributed by atoms with Gasteiger partial charge < -0.3 is 24.1 Å². The lowest BCUT2D eigenvalue weighted by Gasteiger charge is -2.27. The fraction of sp³-hybridized carbons (Fsp3) is 0.360. The molecule has 32 heavy (non-hydrogen) atoms. The lowest BCUT2D eigenvalue weighted by atomic mass is 10.0. The van der Waals surface area contributed by atoms with Crippen LogP contribution in [-0.4, -0.2) is 49.1 Å². The summed E-state index contributed by atoms with van der Waals surface area (Å²) >= 11 is 0. The van der Waals surface area contributed by atoms with Gasteiger partial charge in [0.2, 0.25) is 0 Å². The molecule has 7 nitrogen and oxygen atoms in total. The summed E-state index contributed by atoms with van der Waals surface area (Å²) < 4.78 is 16.1. The summed E-state index contributed by atoms with van der Waals surface area (Å²) in [6.07, 6.45) is 2.73. The lowest BCUT2D eigenvalue weighted by molar-refractivity contribution is 0.0600. The van der Waals surface area contributed by atoms with Crippen LogP contribution in [0, 0.1) is 0 Å². The molecule has 0 bridgehead atoms. The van der Waals surface area contributed by atoms with Gasteiger partial charge in [0.1, 0.15) is 0 Å². The predicted molar refractivity (Wildman–Crippen MR) is 121 cm³/mol. The Hall–Kier alpha value is -3.48. The number of aromatic nitrogens is 1. The molecule has 2 heterocycles. The third-order valence-electron chi connectivity index (χ3n) is 5.85. The number of ether oxygens (including phenoxy) is 3. The third kappa shape index (κ3) is 4.15. The SMILES string of the molecule is CCCCOc1ccc(C(=O)N2CCc3[nH]c4ccc(C(=O)OC)cc4c3C2)cc1OC. The van der Waals surface area contributed by atoms with Gasteiger partial charge >= 0.3 is 5.97 Å². The van der Waals surface area contributed by atoms with Crippen molar-refractivity contribution in [1.82, 2.24) is 9.88 Å². The number of hydrogen-bond donors (Lipinski definition) is 1. The Morgan fingerprint density at radius 3 is 2.62 bits per heavy atom. The van der Waals surface area contributed by atoms with Crippen molar-refractivity contribution in [3.05, 3.63) is 58.8 Å². The van der Waals surface area contributed by atoms with Crippen molar-refractivity contribution < 1.29 is 23.8 Å². The molecule has 0 fully saturated rings. The molecule has 3 aromatic rings. The zero-order valence-corrected chi connectivity index (χ0v) is 18.7. The molecule has 0 atom stereocenters. The van der Waals surface area contributed by atoms with Crippen LogP contribution in [0.15, 0.2) is 36.4 Å². The number of rotatable bonds is 7. The van der Waals surface area contributed by atoms with Crippen molar-refractivity contribution in [3.8, 4) is 11.5 Å². The molecule has 0 spiro atoms. The van der Waals surface area contributed by atoms with Crippen LogP contribution in [0.3, 0.4) is 0 Å². The predicted octanol–water partition coefficient (Wildman–Crippen LogP) is 4.34. The molecule has 0 aliphatic carbocycles. The van der Waals surface area contributed by atoms with Crippen molar-refractivity contribution >= 4 is 22.8 Å². The van der Waals surface area contributed by atoms with E-state index in [4.69, 9.17) is 14.2 Å². The summed E-state index contributed by atoms with van der Waals surface area (Å²) in [5.74, 6) is 0.760. The molecule has 0 unspecified atom stereocenters. The van der Waals surface area contributed by atoms with Gasteiger partial charge in [0, 0.05) is 47.2 Å². The van der Waals surface area contributed by atoms with E-state index in [0.29, 0.717) is 42.3 Å². The molecule has 0 saturated carbocycles. The Morgan fingerprint density at radius 2 is 1.88 bits per heavy atom. The number of amides is 1. The Balaban J connectivity index is 1.57. The van der Waals surface area contributed by atoms with Crippen LogP contribution in [0.2, 0.25) is 0 Å². The number of unbranched alkanes of at least 4 members (excludes halogenated alkanes) is 1. The van der Waals surface area contributed by atoms with E-state index in [9.17, 15) is 9.59 Å². The van der Waals surface area contributed by atoms with Crippen molar-refractivity contribution in [2.24, 2.45) is 0 Å². The minimum Gasteiger partial charge on any atom is -0.493 e.